The fourth-order valence-electron chi connectivity index (χ4n) is 3.36. The van der Waals surface area contributed by atoms with Crippen molar-refractivity contribution in [3.63, 3.8) is 0 Å². The lowest BCUT2D eigenvalue weighted by molar-refractivity contribution is 0.587. The van der Waals surface area contributed by atoms with Gasteiger partial charge in [0, 0.05) is 5.02 Å². The Hall–Kier alpha value is -3.52. The summed E-state index contributed by atoms with van der Waals surface area (Å²) in [7, 11) is 0. The third-order valence-electron chi connectivity index (χ3n) is 4.97. The van der Waals surface area contributed by atoms with Crippen molar-refractivity contribution >= 4 is 41.6 Å². The van der Waals surface area contributed by atoms with Crippen LogP contribution in [0, 0.1) is 0 Å². The van der Waals surface area contributed by atoms with E-state index in [0.717, 1.165) is 11.3 Å². The first-order valence-corrected chi connectivity index (χ1v) is 9.75. The van der Waals surface area contributed by atoms with Crippen molar-refractivity contribution in [1.82, 2.24) is 29.3 Å². The number of rotatable bonds is 5. The van der Waals surface area contributed by atoms with Crippen molar-refractivity contribution in [1.29, 1.82) is 0 Å². The Bertz CT molecular complexity index is 1420. The molecule has 0 atom stereocenters. The van der Waals surface area contributed by atoms with Crippen LogP contribution in [0.1, 0.15) is 24.0 Å². The molecule has 9 heteroatoms. The second-order valence-corrected chi connectivity index (χ2v) is 7.26. The van der Waals surface area contributed by atoms with Crippen molar-refractivity contribution in [2.24, 2.45) is 0 Å². The lowest BCUT2D eigenvalue weighted by Crippen LogP contribution is -2.47. The Morgan fingerprint density at radius 3 is 2.67 bits per heavy atom. The standard InChI is InChI=1S/C21H20ClN7O/c1-4-16-18-19(23)24-11-25-20(18)29(27-16)10-17-26-13(3)12(2)21(30)28(17)9-14-7-5-6-8-15(14)22/h5-8,11H,2-4,9-10H2,1H3,(H2,23,24,25). The van der Waals surface area contributed by atoms with Gasteiger partial charge in [-0.05, 0) is 18.1 Å². The molecule has 3 heterocycles. The quantitative estimate of drug-likeness (QED) is 0.517. The molecule has 0 radical (unpaired) electrons. The van der Waals surface area contributed by atoms with E-state index in [1.165, 1.54) is 6.33 Å². The average Bonchev–Trinajstić information content (AvgIpc) is 3.09. The van der Waals surface area contributed by atoms with E-state index in [9.17, 15) is 4.79 Å². The minimum atomic E-state index is -0.272. The average molecular weight is 422 g/mol. The van der Waals surface area contributed by atoms with E-state index < -0.39 is 0 Å². The van der Waals surface area contributed by atoms with Gasteiger partial charge >= 0.3 is 0 Å². The molecule has 152 valence electrons. The first-order chi connectivity index (χ1) is 14.4. The van der Waals surface area contributed by atoms with E-state index >= 15 is 0 Å². The van der Waals surface area contributed by atoms with Gasteiger partial charge in [0.2, 0.25) is 0 Å². The van der Waals surface area contributed by atoms with Gasteiger partial charge in [-0.15, -0.1) is 0 Å². The molecule has 0 fully saturated rings. The lowest BCUT2D eigenvalue weighted by atomic mass is 10.2. The van der Waals surface area contributed by atoms with Crippen molar-refractivity contribution in [3.05, 3.63) is 73.6 Å². The van der Waals surface area contributed by atoms with E-state index in [0.29, 0.717) is 39.5 Å². The van der Waals surface area contributed by atoms with Crippen LogP contribution in [0.3, 0.4) is 0 Å². The van der Waals surface area contributed by atoms with Crippen LogP contribution in [0.5, 0.6) is 0 Å². The van der Waals surface area contributed by atoms with Gasteiger partial charge in [0.25, 0.3) is 5.56 Å². The van der Waals surface area contributed by atoms with Gasteiger partial charge in [-0.3, -0.25) is 9.36 Å². The van der Waals surface area contributed by atoms with E-state index in [-0.39, 0.29) is 23.9 Å². The Labute approximate surface area is 177 Å². The zero-order valence-electron chi connectivity index (χ0n) is 16.5. The number of anilines is 1. The zero-order chi connectivity index (χ0) is 21.4. The number of nitrogen functional groups attached to an aromatic ring is 1. The second kappa shape index (κ2) is 7.72. The number of fused-ring (bicyclic) bond motifs is 1. The van der Waals surface area contributed by atoms with Crippen molar-refractivity contribution < 1.29 is 0 Å². The monoisotopic (exact) mass is 421 g/mol. The lowest BCUT2D eigenvalue weighted by Gasteiger charge is -2.13. The van der Waals surface area contributed by atoms with Gasteiger partial charge in [0.05, 0.1) is 28.2 Å². The SMILES string of the molecule is C=c1nc(Cn2nc(CC)c3c(N)ncnc32)n(Cc2ccccc2Cl)c(=O)c1=C. The van der Waals surface area contributed by atoms with Gasteiger partial charge in [-0.1, -0.05) is 49.9 Å². The summed E-state index contributed by atoms with van der Waals surface area (Å²) in [6.07, 6.45) is 2.06. The number of benzene rings is 1. The molecule has 8 nitrogen and oxygen atoms in total. The number of aromatic nitrogens is 6. The number of nitrogens with zero attached hydrogens (tertiary/aromatic N) is 6. The van der Waals surface area contributed by atoms with Crippen LogP contribution in [-0.2, 0) is 19.5 Å². The predicted molar refractivity (Wildman–Crippen MR) is 118 cm³/mol. The van der Waals surface area contributed by atoms with Gasteiger partial charge in [-0.25, -0.2) is 19.6 Å². The second-order valence-electron chi connectivity index (χ2n) is 6.85. The predicted octanol–water partition coefficient (Wildman–Crippen LogP) is 1.10. The fraction of sp³-hybridized carbons (Fsp3) is 0.190. The van der Waals surface area contributed by atoms with Crippen LogP contribution >= 0.6 is 11.6 Å². The highest BCUT2D eigenvalue weighted by Crippen LogP contribution is 2.22. The van der Waals surface area contributed by atoms with Crippen LogP contribution < -0.4 is 21.9 Å². The maximum Gasteiger partial charge on any atom is 0.261 e. The number of halogens is 1. The molecule has 4 aromatic rings. The van der Waals surface area contributed by atoms with Gasteiger partial charge < -0.3 is 5.73 Å². The normalized spacial score (nSPS) is 11.3. The van der Waals surface area contributed by atoms with Gasteiger partial charge in [0.15, 0.2) is 5.65 Å². The van der Waals surface area contributed by atoms with E-state index in [1.807, 2.05) is 25.1 Å². The zero-order valence-corrected chi connectivity index (χ0v) is 17.2. The number of nitrogens with two attached hydrogens (primary N) is 1. The van der Waals surface area contributed by atoms with Crippen LogP contribution in [0.4, 0.5) is 5.82 Å². The molecule has 0 saturated heterocycles. The molecule has 2 N–H and O–H groups in total. The molecule has 0 aliphatic rings. The summed E-state index contributed by atoms with van der Waals surface area (Å²) in [6.45, 7) is 10.1. The number of hydrogen-bond donors (Lipinski definition) is 1. The minimum Gasteiger partial charge on any atom is -0.383 e. The van der Waals surface area contributed by atoms with E-state index in [4.69, 9.17) is 17.3 Å². The molecule has 0 aliphatic carbocycles. The maximum atomic E-state index is 13.0. The van der Waals surface area contributed by atoms with Crippen molar-refractivity contribution in [3.8, 4) is 0 Å². The van der Waals surface area contributed by atoms with Gasteiger partial charge in [0.1, 0.15) is 24.5 Å². The Balaban J connectivity index is 1.88. The van der Waals surface area contributed by atoms with E-state index in [2.05, 4.69) is 33.2 Å². The molecule has 0 saturated carbocycles. The third-order valence-corrected chi connectivity index (χ3v) is 5.34. The highest BCUT2D eigenvalue weighted by atomic mass is 35.5. The summed E-state index contributed by atoms with van der Waals surface area (Å²) in [4.78, 5) is 25.9. The molecule has 0 amide bonds. The molecule has 0 unspecified atom stereocenters. The number of hydrogen-bond acceptors (Lipinski definition) is 6. The highest BCUT2D eigenvalue weighted by Gasteiger charge is 2.17. The Morgan fingerprint density at radius 1 is 1.17 bits per heavy atom. The molecule has 3 aromatic heterocycles. The first-order valence-electron chi connectivity index (χ1n) is 9.37. The Kier molecular flexibility index (Phi) is 5.09. The van der Waals surface area contributed by atoms with Crippen LogP contribution in [0.2, 0.25) is 5.02 Å². The molecule has 0 spiro atoms. The van der Waals surface area contributed by atoms with Crippen LogP contribution in [-0.4, -0.2) is 29.3 Å². The van der Waals surface area contributed by atoms with Crippen LogP contribution in [0.15, 0.2) is 35.4 Å². The minimum absolute atomic E-state index is 0.204. The molecule has 4 rings (SSSR count). The molecule has 30 heavy (non-hydrogen) atoms. The largest absolute Gasteiger partial charge is 0.383 e. The maximum absolute atomic E-state index is 13.0. The fourth-order valence-corrected chi connectivity index (χ4v) is 3.56. The number of aryl methyl sites for hydroxylation is 1. The Morgan fingerprint density at radius 2 is 1.93 bits per heavy atom. The molecule has 0 bridgehead atoms. The summed E-state index contributed by atoms with van der Waals surface area (Å²) in [6, 6.07) is 7.36. The summed E-state index contributed by atoms with van der Waals surface area (Å²) in [5.74, 6) is 0.844. The molecule has 0 aliphatic heterocycles. The summed E-state index contributed by atoms with van der Waals surface area (Å²) in [5.41, 5.74) is 7.94. The summed E-state index contributed by atoms with van der Waals surface area (Å²) in [5, 5.41) is 6.48. The van der Waals surface area contributed by atoms with Crippen molar-refractivity contribution in [2.45, 2.75) is 26.4 Å². The molecular formula is C21H20ClN7O. The first kappa shape index (κ1) is 19.8. The smallest absolute Gasteiger partial charge is 0.261 e. The highest BCUT2D eigenvalue weighted by molar-refractivity contribution is 6.31. The summed E-state index contributed by atoms with van der Waals surface area (Å²) < 4.78 is 3.22. The molecule has 1 aromatic carbocycles. The van der Waals surface area contributed by atoms with Crippen LogP contribution in [0.25, 0.3) is 24.2 Å². The van der Waals surface area contributed by atoms with Crippen molar-refractivity contribution in [2.75, 3.05) is 5.73 Å². The van der Waals surface area contributed by atoms with Gasteiger partial charge in [-0.2, -0.15) is 5.10 Å². The third kappa shape index (κ3) is 3.35. The van der Waals surface area contributed by atoms with E-state index in [1.54, 1.807) is 15.3 Å². The molecular weight excluding hydrogens is 402 g/mol. The topological polar surface area (TPSA) is 105 Å². The summed E-state index contributed by atoms with van der Waals surface area (Å²) >= 11 is 6.32.